The summed E-state index contributed by atoms with van der Waals surface area (Å²) >= 11 is 13.7. The van der Waals surface area contributed by atoms with Crippen LogP contribution < -0.4 is 9.47 Å². The lowest BCUT2D eigenvalue weighted by Gasteiger charge is -2.04. The monoisotopic (exact) mass is 393 g/mol. The second-order valence-corrected chi connectivity index (χ2v) is 6.83. The second kappa shape index (κ2) is 7.87. The molecule has 1 heterocycles. The van der Waals surface area contributed by atoms with Crippen LogP contribution in [0.4, 0.5) is 0 Å². The van der Waals surface area contributed by atoms with Gasteiger partial charge in [-0.25, -0.2) is 9.78 Å². The molecule has 0 radical (unpaired) electrons. The normalized spacial score (nSPS) is 10.5. The van der Waals surface area contributed by atoms with Crippen LogP contribution in [0.1, 0.15) is 21.1 Å². The largest absolute Gasteiger partial charge is 0.497 e. The number of benzene rings is 2. The Hall–Kier alpha value is -2.08. The number of methoxy groups -OCH3 is 1. The molecule has 4 nitrogen and oxygen atoms in total. The van der Waals surface area contributed by atoms with E-state index in [4.69, 9.17) is 32.7 Å². The highest BCUT2D eigenvalue weighted by atomic mass is 35.5. The van der Waals surface area contributed by atoms with Crippen molar-refractivity contribution >= 4 is 40.5 Å². The molecule has 0 spiro atoms. The van der Waals surface area contributed by atoms with Gasteiger partial charge in [-0.2, -0.15) is 0 Å². The third-order valence-corrected chi connectivity index (χ3v) is 4.98. The van der Waals surface area contributed by atoms with Crippen molar-refractivity contribution in [3.63, 3.8) is 0 Å². The Labute approximate surface area is 158 Å². The molecule has 25 heavy (non-hydrogen) atoms. The number of thiazole rings is 1. The van der Waals surface area contributed by atoms with Gasteiger partial charge < -0.3 is 9.47 Å². The van der Waals surface area contributed by atoms with Crippen molar-refractivity contribution in [3.8, 4) is 11.5 Å². The van der Waals surface area contributed by atoms with Gasteiger partial charge in [0.2, 0.25) is 0 Å². The van der Waals surface area contributed by atoms with Crippen molar-refractivity contribution in [3.05, 3.63) is 74.2 Å². The predicted molar refractivity (Wildman–Crippen MR) is 99.3 cm³/mol. The first-order valence-corrected chi connectivity index (χ1v) is 8.94. The molecule has 3 rings (SSSR count). The fourth-order valence-corrected chi connectivity index (χ4v) is 3.45. The number of nitrogens with zero attached hydrogens (tertiary/aromatic N) is 1. The van der Waals surface area contributed by atoms with Gasteiger partial charge in [-0.05, 0) is 42.0 Å². The number of ether oxygens (including phenoxy) is 2. The Balaban J connectivity index is 1.71. The van der Waals surface area contributed by atoms with Gasteiger partial charge in [-0.15, -0.1) is 11.3 Å². The summed E-state index contributed by atoms with van der Waals surface area (Å²) in [5.41, 5.74) is 1.04. The molecule has 0 saturated carbocycles. The average Bonchev–Trinajstić information content (AvgIpc) is 3.08. The van der Waals surface area contributed by atoms with Crippen LogP contribution in [-0.2, 0) is 6.42 Å². The van der Waals surface area contributed by atoms with Crippen LogP contribution in [0.2, 0.25) is 10.0 Å². The van der Waals surface area contributed by atoms with Gasteiger partial charge in [0.05, 0.1) is 12.1 Å². The molecule has 0 amide bonds. The molecule has 0 aliphatic heterocycles. The van der Waals surface area contributed by atoms with Crippen LogP contribution in [-0.4, -0.2) is 18.1 Å². The van der Waals surface area contributed by atoms with Gasteiger partial charge in [0.25, 0.3) is 0 Å². The van der Waals surface area contributed by atoms with E-state index in [0.717, 1.165) is 10.6 Å². The predicted octanol–water partition coefficient (Wildman–Crippen LogP) is 5.27. The van der Waals surface area contributed by atoms with E-state index < -0.39 is 5.97 Å². The number of esters is 1. The minimum absolute atomic E-state index is 0.249. The van der Waals surface area contributed by atoms with Crippen LogP contribution in [0.3, 0.4) is 0 Å². The number of aromatic nitrogens is 1. The van der Waals surface area contributed by atoms with Crippen LogP contribution in [0, 0.1) is 0 Å². The van der Waals surface area contributed by atoms with Crippen LogP contribution in [0.25, 0.3) is 0 Å². The molecular weight excluding hydrogens is 381 g/mol. The van der Waals surface area contributed by atoms with Gasteiger partial charge in [0.15, 0.2) is 5.69 Å². The van der Waals surface area contributed by atoms with E-state index in [1.807, 2.05) is 0 Å². The first-order valence-electron chi connectivity index (χ1n) is 7.30. The Kier molecular flexibility index (Phi) is 5.58. The van der Waals surface area contributed by atoms with Crippen molar-refractivity contribution < 1.29 is 14.3 Å². The number of hydrogen-bond acceptors (Lipinski definition) is 5. The fraction of sp³-hybridized carbons (Fsp3) is 0.111. The highest BCUT2D eigenvalue weighted by Crippen LogP contribution is 2.28. The zero-order chi connectivity index (χ0) is 17.8. The molecule has 3 aromatic rings. The molecule has 0 fully saturated rings. The molecule has 0 aliphatic carbocycles. The van der Waals surface area contributed by atoms with E-state index in [-0.39, 0.29) is 5.69 Å². The minimum atomic E-state index is -0.516. The number of carbonyl (C=O) groups is 1. The Morgan fingerprint density at radius 2 is 1.72 bits per heavy atom. The maximum absolute atomic E-state index is 12.2. The van der Waals surface area contributed by atoms with E-state index in [0.29, 0.717) is 28.0 Å². The van der Waals surface area contributed by atoms with Crippen molar-refractivity contribution in [1.29, 1.82) is 0 Å². The number of carbonyl (C=O) groups excluding carboxylic acids is 1. The van der Waals surface area contributed by atoms with Gasteiger partial charge in [-0.3, -0.25) is 0 Å². The van der Waals surface area contributed by atoms with E-state index in [9.17, 15) is 4.79 Å². The lowest BCUT2D eigenvalue weighted by Crippen LogP contribution is -2.09. The molecule has 0 N–H and O–H groups in total. The zero-order valence-electron chi connectivity index (χ0n) is 13.2. The van der Waals surface area contributed by atoms with Crippen molar-refractivity contribution in [2.24, 2.45) is 0 Å². The summed E-state index contributed by atoms with van der Waals surface area (Å²) < 4.78 is 10.4. The quantitative estimate of drug-likeness (QED) is 0.437. The third-order valence-electron chi connectivity index (χ3n) is 3.42. The van der Waals surface area contributed by atoms with Crippen molar-refractivity contribution in [2.75, 3.05) is 7.11 Å². The smallest absolute Gasteiger partial charge is 0.363 e. The highest BCUT2D eigenvalue weighted by molar-refractivity contribution is 7.09. The van der Waals surface area contributed by atoms with E-state index >= 15 is 0 Å². The van der Waals surface area contributed by atoms with Crippen LogP contribution >= 0.6 is 34.5 Å². The lowest BCUT2D eigenvalue weighted by atomic mass is 10.1. The molecule has 0 bridgehead atoms. The van der Waals surface area contributed by atoms with Gasteiger partial charge >= 0.3 is 5.97 Å². The lowest BCUT2D eigenvalue weighted by molar-refractivity contribution is 0.0729. The number of hydrogen-bond donors (Lipinski definition) is 0. The van der Waals surface area contributed by atoms with Crippen LogP contribution in [0.15, 0.2) is 47.8 Å². The van der Waals surface area contributed by atoms with Crippen LogP contribution in [0.5, 0.6) is 11.5 Å². The van der Waals surface area contributed by atoms with Gasteiger partial charge in [-0.1, -0.05) is 29.3 Å². The van der Waals surface area contributed by atoms with E-state index in [1.54, 1.807) is 55.0 Å². The molecule has 0 atom stereocenters. The minimum Gasteiger partial charge on any atom is -0.497 e. The molecule has 1 aromatic heterocycles. The number of halogens is 2. The van der Waals surface area contributed by atoms with E-state index in [1.165, 1.54) is 11.3 Å². The Bertz CT molecular complexity index is 873. The molecule has 2 aromatic carbocycles. The maximum atomic E-state index is 12.2. The Morgan fingerprint density at radius 1 is 1.08 bits per heavy atom. The summed E-state index contributed by atoms with van der Waals surface area (Å²) in [6.07, 6.45) is 0.457. The maximum Gasteiger partial charge on any atom is 0.363 e. The summed E-state index contributed by atoms with van der Waals surface area (Å²) in [5.74, 6) is 0.597. The Morgan fingerprint density at radius 3 is 2.36 bits per heavy atom. The van der Waals surface area contributed by atoms with Gasteiger partial charge in [0.1, 0.15) is 11.5 Å². The summed E-state index contributed by atoms with van der Waals surface area (Å²) in [6, 6.07) is 12.1. The highest BCUT2D eigenvalue weighted by Gasteiger charge is 2.15. The summed E-state index contributed by atoms with van der Waals surface area (Å²) in [6.45, 7) is 0. The first kappa shape index (κ1) is 17.7. The number of rotatable bonds is 5. The van der Waals surface area contributed by atoms with Gasteiger partial charge in [0, 0.05) is 21.8 Å². The second-order valence-electron chi connectivity index (χ2n) is 5.07. The average molecular weight is 394 g/mol. The molecular formula is C18H13Cl2NO3S. The molecule has 128 valence electrons. The summed E-state index contributed by atoms with van der Waals surface area (Å²) in [5, 5.41) is 3.54. The SMILES string of the molecule is COc1ccc(OC(=O)c2csc(Cc3c(Cl)cccc3Cl)n2)cc1. The first-order chi connectivity index (χ1) is 12.1. The van der Waals surface area contributed by atoms with Crippen molar-refractivity contribution in [2.45, 2.75) is 6.42 Å². The van der Waals surface area contributed by atoms with Crippen molar-refractivity contribution in [1.82, 2.24) is 4.98 Å². The molecule has 0 aliphatic rings. The summed E-state index contributed by atoms with van der Waals surface area (Å²) in [7, 11) is 1.57. The standard InChI is InChI=1S/C18H13Cl2NO3S/c1-23-11-5-7-12(8-6-11)24-18(22)16-10-25-17(21-16)9-13-14(19)3-2-4-15(13)20/h2-8,10H,9H2,1H3. The fourth-order valence-electron chi connectivity index (χ4n) is 2.14. The molecule has 0 saturated heterocycles. The zero-order valence-corrected chi connectivity index (χ0v) is 15.5. The topological polar surface area (TPSA) is 48.4 Å². The molecule has 7 heteroatoms. The summed E-state index contributed by atoms with van der Waals surface area (Å²) in [4.78, 5) is 16.5. The third kappa shape index (κ3) is 4.31. The molecule has 0 unspecified atom stereocenters. The van der Waals surface area contributed by atoms with E-state index in [2.05, 4.69) is 4.98 Å².